The van der Waals surface area contributed by atoms with Crippen molar-refractivity contribution < 1.29 is 13.9 Å². The average molecular weight is 372 g/mol. The van der Waals surface area contributed by atoms with Crippen LogP contribution < -0.4 is 10.1 Å². The molecular formula is C23H20N2O3. The van der Waals surface area contributed by atoms with E-state index in [9.17, 15) is 4.79 Å². The molecule has 0 saturated heterocycles. The molecule has 0 bridgehead atoms. The zero-order valence-electron chi connectivity index (χ0n) is 15.7. The van der Waals surface area contributed by atoms with E-state index in [1.807, 2.05) is 49.4 Å². The van der Waals surface area contributed by atoms with Gasteiger partial charge in [-0.15, -0.1) is 0 Å². The molecule has 0 radical (unpaired) electrons. The van der Waals surface area contributed by atoms with Crippen LogP contribution in [0, 0.1) is 6.92 Å². The van der Waals surface area contributed by atoms with Gasteiger partial charge in [-0.2, -0.15) is 0 Å². The minimum absolute atomic E-state index is 0.180. The van der Waals surface area contributed by atoms with Gasteiger partial charge < -0.3 is 14.5 Å². The fraction of sp³-hybridized carbons (Fsp3) is 0.130. The Labute approximate surface area is 163 Å². The maximum atomic E-state index is 12.4. The molecule has 4 rings (SSSR count). The normalized spacial score (nSPS) is 10.8. The number of aryl methyl sites for hydroxylation is 1. The fourth-order valence-corrected chi connectivity index (χ4v) is 3.01. The number of ether oxygens (including phenoxy) is 1. The predicted octanol–water partition coefficient (Wildman–Crippen LogP) is 4.99. The molecule has 0 saturated carbocycles. The van der Waals surface area contributed by atoms with E-state index in [-0.39, 0.29) is 5.91 Å². The molecular weight excluding hydrogens is 352 g/mol. The molecule has 1 heterocycles. The number of benzene rings is 3. The first kappa shape index (κ1) is 17.8. The van der Waals surface area contributed by atoms with E-state index in [1.54, 1.807) is 31.4 Å². The summed E-state index contributed by atoms with van der Waals surface area (Å²) in [6.07, 6.45) is 0.595. The Morgan fingerprint density at radius 3 is 2.68 bits per heavy atom. The van der Waals surface area contributed by atoms with E-state index in [1.165, 1.54) is 0 Å². The van der Waals surface area contributed by atoms with Crippen LogP contribution in [0.3, 0.4) is 0 Å². The van der Waals surface area contributed by atoms with E-state index in [0.29, 0.717) is 23.6 Å². The molecule has 1 N–H and O–H groups in total. The molecule has 4 aromatic rings. The van der Waals surface area contributed by atoms with Crippen LogP contribution in [0.15, 0.2) is 71.1 Å². The van der Waals surface area contributed by atoms with Crippen molar-refractivity contribution in [3.63, 3.8) is 0 Å². The van der Waals surface area contributed by atoms with Crippen LogP contribution in [0.25, 0.3) is 11.1 Å². The highest BCUT2D eigenvalue weighted by Gasteiger charge is 2.09. The first-order valence-electron chi connectivity index (χ1n) is 9.01. The van der Waals surface area contributed by atoms with Crippen molar-refractivity contribution in [3.8, 4) is 5.75 Å². The standard InChI is InChI=1S/C23H20N2O3/c1-15-6-11-21-20(12-15)25-22(28-21)13-16-7-9-18(10-8-16)24-23(26)17-4-3-5-19(14-17)27-2/h3-12,14H,13H2,1-2H3,(H,24,26). The van der Waals surface area contributed by atoms with Gasteiger partial charge >= 0.3 is 0 Å². The summed E-state index contributed by atoms with van der Waals surface area (Å²) >= 11 is 0. The van der Waals surface area contributed by atoms with Crippen LogP contribution in [-0.4, -0.2) is 18.0 Å². The van der Waals surface area contributed by atoms with Gasteiger partial charge in [0.25, 0.3) is 5.91 Å². The Kier molecular flexibility index (Phi) is 4.81. The molecule has 28 heavy (non-hydrogen) atoms. The quantitative estimate of drug-likeness (QED) is 0.536. The first-order valence-corrected chi connectivity index (χ1v) is 9.01. The topological polar surface area (TPSA) is 64.4 Å². The van der Waals surface area contributed by atoms with E-state index in [2.05, 4.69) is 10.3 Å². The van der Waals surface area contributed by atoms with Crippen molar-refractivity contribution in [2.75, 3.05) is 12.4 Å². The number of hydrogen-bond acceptors (Lipinski definition) is 4. The number of methoxy groups -OCH3 is 1. The van der Waals surface area contributed by atoms with Crippen LogP contribution in [0.5, 0.6) is 5.75 Å². The third-order valence-corrected chi connectivity index (χ3v) is 4.49. The smallest absolute Gasteiger partial charge is 0.255 e. The number of anilines is 1. The molecule has 0 atom stereocenters. The van der Waals surface area contributed by atoms with E-state index in [0.717, 1.165) is 27.9 Å². The lowest BCUT2D eigenvalue weighted by Gasteiger charge is -2.07. The number of carbonyl (C=O) groups excluding carboxylic acids is 1. The Morgan fingerprint density at radius 1 is 1.07 bits per heavy atom. The summed E-state index contributed by atoms with van der Waals surface area (Å²) < 4.78 is 11.0. The molecule has 5 nitrogen and oxygen atoms in total. The third kappa shape index (κ3) is 3.88. The minimum Gasteiger partial charge on any atom is -0.497 e. The highest BCUT2D eigenvalue weighted by molar-refractivity contribution is 6.04. The minimum atomic E-state index is -0.180. The second-order valence-corrected chi connectivity index (χ2v) is 6.64. The molecule has 5 heteroatoms. The molecule has 0 aliphatic heterocycles. The highest BCUT2D eigenvalue weighted by Crippen LogP contribution is 2.20. The van der Waals surface area contributed by atoms with Crippen molar-refractivity contribution in [3.05, 3.63) is 89.3 Å². The summed E-state index contributed by atoms with van der Waals surface area (Å²) in [5.41, 5.74) is 5.15. The zero-order chi connectivity index (χ0) is 19.5. The van der Waals surface area contributed by atoms with Gasteiger partial charge in [-0.1, -0.05) is 24.3 Å². The molecule has 1 aromatic heterocycles. The summed E-state index contributed by atoms with van der Waals surface area (Å²) in [4.78, 5) is 16.9. The molecule has 0 aliphatic carbocycles. The highest BCUT2D eigenvalue weighted by atomic mass is 16.5. The van der Waals surface area contributed by atoms with Gasteiger partial charge in [0.15, 0.2) is 11.5 Å². The largest absolute Gasteiger partial charge is 0.497 e. The van der Waals surface area contributed by atoms with Crippen LogP contribution in [0.2, 0.25) is 0 Å². The molecule has 3 aromatic carbocycles. The summed E-state index contributed by atoms with van der Waals surface area (Å²) in [5.74, 6) is 1.14. The second-order valence-electron chi connectivity index (χ2n) is 6.64. The average Bonchev–Trinajstić information content (AvgIpc) is 3.10. The Balaban J connectivity index is 1.44. The maximum Gasteiger partial charge on any atom is 0.255 e. The number of carbonyl (C=O) groups is 1. The van der Waals surface area contributed by atoms with Crippen LogP contribution in [-0.2, 0) is 6.42 Å². The summed E-state index contributed by atoms with van der Waals surface area (Å²) in [6, 6.07) is 20.7. The monoisotopic (exact) mass is 372 g/mol. The van der Waals surface area contributed by atoms with Crippen LogP contribution in [0.4, 0.5) is 5.69 Å². The first-order chi connectivity index (χ1) is 13.6. The molecule has 0 unspecified atom stereocenters. The lowest BCUT2D eigenvalue weighted by molar-refractivity contribution is 0.102. The van der Waals surface area contributed by atoms with Crippen molar-refractivity contribution in [1.82, 2.24) is 4.98 Å². The van der Waals surface area contributed by atoms with Gasteiger partial charge in [-0.3, -0.25) is 4.79 Å². The molecule has 140 valence electrons. The lowest BCUT2D eigenvalue weighted by Crippen LogP contribution is -2.11. The van der Waals surface area contributed by atoms with E-state index in [4.69, 9.17) is 9.15 Å². The summed E-state index contributed by atoms with van der Waals surface area (Å²) in [5, 5.41) is 2.89. The molecule has 0 fully saturated rings. The van der Waals surface area contributed by atoms with Crippen molar-refractivity contribution in [2.24, 2.45) is 0 Å². The van der Waals surface area contributed by atoms with Crippen molar-refractivity contribution in [2.45, 2.75) is 13.3 Å². The Morgan fingerprint density at radius 2 is 1.89 bits per heavy atom. The number of oxazole rings is 1. The Bertz CT molecular complexity index is 1130. The molecule has 1 amide bonds. The number of nitrogens with one attached hydrogen (secondary N) is 1. The number of amides is 1. The molecule has 0 spiro atoms. The summed E-state index contributed by atoms with van der Waals surface area (Å²) in [6.45, 7) is 2.03. The van der Waals surface area contributed by atoms with E-state index >= 15 is 0 Å². The number of hydrogen-bond donors (Lipinski definition) is 1. The fourth-order valence-electron chi connectivity index (χ4n) is 3.01. The van der Waals surface area contributed by atoms with Gasteiger partial charge in [0, 0.05) is 17.7 Å². The van der Waals surface area contributed by atoms with Crippen molar-refractivity contribution >= 4 is 22.7 Å². The number of nitrogens with zero attached hydrogens (tertiary/aromatic N) is 1. The lowest BCUT2D eigenvalue weighted by atomic mass is 10.1. The van der Waals surface area contributed by atoms with Gasteiger partial charge in [-0.25, -0.2) is 4.98 Å². The van der Waals surface area contributed by atoms with Crippen LogP contribution in [0.1, 0.15) is 27.4 Å². The number of fused-ring (bicyclic) bond motifs is 1. The maximum absolute atomic E-state index is 12.4. The third-order valence-electron chi connectivity index (χ3n) is 4.49. The van der Waals surface area contributed by atoms with Gasteiger partial charge in [0.05, 0.1) is 7.11 Å². The van der Waals surface area contributed by atoms with Gasteiger partial charge in [-0.05, 0) is 60.5 Å². The number of rotatable bonds is 5. The van der Waals surface area contributed by atoms with Gasteiger partial charge in [0.2, 0.25) is 0 Å². The van der Waals surface area contributed by atoms with E-state index < -0.39 is 0 Å². The summed E-state index contributed by atoms with van der Waals surface area (Å²) in [7, 11) is 1.58. The van der Waals surface area contributed by atoms with Crippen LogP contribution >= 0.6 is 0 Å². The van der Waals surface area contributed by atoms with Crippen molar-refractivity contribution in [1.29, 1.82) is 0 Å². The molecule has 0 aliphatic rings. The Hall–Kier alpha value is -3.60. The SMILES string of the molecule is COc1cccc(C(=O)Nc2ccc(Cc3nc4cc(C)ccc4o3)cc2)c1. The number of aromatic nitrogens is 1. The van der Waals surface area contributed by atoms with Gasteiger partial charge in [0.1, 0.15) is 11.3 Å². The zero-order valence-corrected chi connectivity index (χ0v) is 15.7. The predicted molar refractivity (Wildman–Crippen MR) is 109 cm³/mol. The second kappa shape index (κ2) is 7.56.